The fourth-order valence-corrected chi connectivity index (χ4v) is 2.40. The number of nitrogens with zero attached hydrogens (tertiary/aromatic N) is 3. The number of benzene rings is 1. The SMILES string of the molecule is CC(C)CCN(N=N)c1ccccc1OC(CN=N)C1OCCO1. The Hall–Kier alpha value is -2.06. The molecule has 0 aliphatic carbocycles. The van der Waals surface area contributed by atoms with Crippen molar-refractivity contribution in [3.05, 3.63) is 24.3 Å². The number of nitrogens with one attached hydrogen (secondary N) is 2. The van der Waals surface area contributed by atoms with Crippen LogP contribution in [0, 0.1) is 17.0 Å². The number of hydrogen-bond donors (Lipinski definition) is 2. The fraction of sp³-hybridized carbons (Fsp3) is 0.625. The Morgan fingerprint density at radius 2 is 1.96 bits per heavy atom. The number of para-hydroxylation sites is 2. The van der Waals surface area contributed by atoms with Crippen LogP contribution in [0.5, 0.6) is 5.75 Å². The van der Waals surface area contributed by atoms with Gasteiger partial charge >= 0.3 is 0 Å². The lowest BCUT2D eigenvalue weighted by Gasteiger charge is -2.25. The van der Waals surface area contributed by atoms with Gasteiger partial charge in [0, 0.05) is 6.54 Å². The first-order chi connectivity index (χ1) is 11.7. The lowest BCUT2D eigenvalue weighted by atomic mass is 10.1. The molecule has 1 atom stereocenters. The third-order valence-electron chi connectivity index (χ3n) is 3.68. The van der Waals surface area contributed by atoms with E-state index < -0.39 is 12.4 Å². The van der Waals surface area contributed by atoms with Gasteiger partial charge in [0.05, 0.1) is 13.2 Å². The van der Waals surface area contributed by atoms with Crippen LogP contribution in [0.3, 0.4) is 0 Å². The summed E-state index contributed by atoms with van der Waals surface area (Å²) in [7, 11) is 0. The van der Waals surface area contributed by atoms with Gasteiger partial charge < -0.3 is 14.2 Å². The molecule has 24 heavy (non-hydrogen) atoms. The van der Waals surface area contributed by atoms with Crippen LogP contribution in [0.4, 0.5) is 5.69 Å². The average molecular weight is 335 g/mol. The lowest BCUT2D eigenvalue weighted by molar-refractivity contribution is -0.107. The van der Waals surface area contributed by atoms with Crippen molar-refractivity contribution in [2.75, 3.05) is 31.3 Å². The van der Waals surface area contributed by atoms with Crippen LogP contribution >= 0.6 is 0 Å². The van der Waals surface area contributed by atoms with Crippen molar-refractivity contribution in [2.45, 2.75) is 32.7 Å². The van der Waals surface area contributed by atoms with Gasteiger partial charge in [-0.3, -0.25) is 0 Å². The third kappa shape index (κ3) is 4.97. The molecular weight excluding hydrogens is 310 g/mol. The zero-order valence-electron chi connectivity index (χ0n) is 14.1. The molecule has 2 N–H and O–H groups in total. The summed E-state index contributed by atoms with van der Waals surface area (Å²) in [5.74, 6) is 1.09. The van der Waals surface area contributed by atoms with Crippen LogP contribution < -0.4 is 9.75 Å². The summed E-state index contributed by atoms with van der Waals surface area (Å²) in [5, 5.41) is 8.66. The highest BCUT2D eigenvalue weighted by Gasteiger charge is 2.29. The summed E-state index contributed by atoms with van der Waals surface area (Å²) in [4.78, 5) is 0. The van der Waals surface area contributed by atoms with E-state index in [0.717, 1.165) is 6.42 Å². The van der Waals surface area contributed by atoms with Crippen molar-refractivity contribution >= 4 is 5.69 Å². The monoisotopic (exact) mass is 335 g/mol. The van der Waals surface area contributed by atoms with Gasteiger partial charge in [-0.25, -0.2) is 10.5 Å². The van der Waals surface area contributed by atoms with Crippen molar-refractivity contribution in [1.29, 1.82) is 11.1 Å². The van der Waals surface area contributed by atoms with Crippen molar-refractivity contribution in [2.24, 2.45) is 16.3 Å². The van der Waals surface area contributed by atoms with Crippen LogP contribution in [0.2, 0.25) is 0 Å². The standard InChI is InChI=1S/C16H25N5O3/c1-12(2)7-8-21(20-18)13-5-3-4-6-14(13)24-15(11-19-17)16-22-9-10-23-16/h3-6,12,15-18H,7-11H2,1-2H3. The molecule has 132 valence electrons. The summed E-state index contributed by atoms with van der Waals surface area (Å²) in [6.45, 7) is 6.05. The molecule has 0 saturated carbocycles. The second-order valence-electron chi connectivity index (χ2n) is 5.98. The summed E-state index contributed by atoms with van der Waals surface area (Å²) in [6.07, 6.45) is -0.134. The predicted molar refractivity (Wildman–Crippen MR) is 88.5 cm³/mol. The molecule has 1 saturated heterocycles. The van der Waals surface area contributed by atoms with E-state index >= 15 is 0 Å². The number of anilines is 1. The number of ether oxygens (including phenoxy) is 3. The highest BCUT2D eigenvalue weighted by atomic mass is 16.7. The molecule has 2 rings (SSSR count). The minimum atomic E-state index is -0.538. The number of rotatable bonds is 10. The fourth-order valence-electron chi connectivity index (χ4n) is 2.40. The molecule has 1 unspecified atom stereocenters. The van der Waals surface area contributed by atoms with Crippen LogP contribution in [0.1, 0.15) is 20.3 Å². The molecule has 1 aromatic carbocycles. The highest BCUT2D eigenvalue weighted by molar-refractivity contribution is 5.57. The Labute approximate surface area is 142 Å². The second kappa shape index (κ2) is 9.29. The smallest absolute Gasteiger partial charge is 0.196 e. The van der Waals surface area contributed by atoms with Crippen LogP contribution in [0.15, 0.2) is 34.6 Å². The Bertz CT molecular complexity index is 534. The van der Waals surface area contributed by atoms with Gasteiger partial charge in [-0.2, -0.15) is 10.6 Å². The minimum Gasteiger partial charge on any atom is -0.481 e. The van der Waals surface area contributed by atoms with Crippen molar-refractivity contribution in [3.8, 4) is 5.75 Å². The number of hydrogen-bond acceptors (Lipinski definition) is 7. The Balaban J connectivity index is 2.16. The molecule has 1 aliphatic heterocycles. The summed E-state index contributed by atoms with van der Waals surface area (Å²) < 4.78 is 17.0. The maximum absolute atomic E-state index is 7.47. The predicted octanol–water partition coefficient (Wildman–Crippen LogP) is 3.64. The molecule has 0 amide bonds. The van der Waals surface area contributed by atoms with Gasteiger partial charge in [-0.1, -0.05) is 31.2 Å². The van der Waals surface area contributed by atoms with E-state index in [4.69, 9.17) is 25.3 Å². The summed E-state index contributed by atoms with van der Waals surface area (Å²) in [5.41, 5.74) is 15.3. The van der Waals surface area contributed by atoms with E-state index in [1.165, 1.54) is 0 Å². The Morgan fingerprint density at radius 3 is 2.58 bits per heavy atom. The summed E-state index contributed by atoms with van der Waals surface area (Å²) in [6, 6.07) is 7.41. The molecule has 1 fully saturated rings. The maximum atomic E-state index is 7.47. The van der Waals surface area contributed by atoms with E-state index in [2.05, 4.69) is 24.2 Å². The highest BCUT2D eigenvalue weighted by Crippen LogP contribution is 2.31. The first-order valence-electron chi connectivity index (χ1n) is 8.12. The molecule has 8 nitrogen and oxygen atoms in total. The molecule has 1 aromatic rings. The van der Waals surface area contributed by atoms with Gasteiger partial charge in [0.1, 0.15) is 18.0 Å². The van der Waals surface area contributed by atoms with Crippen molar-refractivity contribution in [1.82, 2.24) is 0 Å². The average Bonchev–Trinajstić information content (AvgIpc) is 3.10. The van der Waals surface area contributed by atoms with Crippen LogP contribution in [-0.4, -0.2) is 38.7 Å². The Morgan fingerprint density at radius 1 is 1.25 bits per heavy atom. The van der Waals surface area contributed by atoms with Crippen LogP contribution in [-0.2, 0) is 9.47 Å². The van der Waals surface area contributed by atoms with Gasteiger partial charge in [0.15, 0.2) is 12.4 Å². The molecule has 0 aromatic heterocycles. The summed E-state index contributed by atoms with van der Waals surface area (Å²) >= 11 is 0. The van der Waals surface area contributed by atoms with Gasteiger partial charge in [-0.05, 0) is 24.5 Å². The van der Waals surface area contributed by atoms with Gasteiger partial charge in [0.2, 0.25) is 0 Å². The quantitative estimate of drug-likeness (QED) is 0.503. The van der Waals surface area contributed by atoms with E-state index in [1.807, 2.05) is 24.3 Å². The maximum Gasteiger partial charge on any atom is 0.196 e. The zero-order valence-corrected chi connectivity index (χ0v) is 14.1. The first-order valence-corrected chi connectivity index (χ1v) is 8.12. The van der Waals surface area contributed by atoms with Crippen LogP contribution in [0.25, 0.3) is 0 Å². The molecule has 1 heterocycles. The second-order valence-corrected chi connectivity index (χ2v) is 5.98. The van der Waals surface area contributed by atoms with Crippen molar-refractivity contribution < 1.29 is 14.2 Å². The lowest BCUT2D eigenvalue weighted by Crippen LogP contribution is -2.35. The van der Waals surface area contributed by atoms with E-state index in [9.17, 15) is 0 Å². The van der Waals surface area contributed by atoms with Gasteiger partial charge in [0.25, 0.3) is 0 Å². The third-order valence-corrected chi connectivity index (χ3v) is 3.68. The molecule has 8 heteroatoms. The van der Waals surface area contributed by atoms with E-state index in [0.29, 0.717) is 37.1 Å². The first kappa shape index (κ1) is 18.3. The molecular formula is C16H25N5O3. The molecule has 0 radical (unpaired) electrons. The normalized spacial score (nSPS) is 16.1. The molecule has 1 aliphatic rings. The van der Waals surface area contributed by atoms with E-state index in [-0.39, 0.29) is 6.54 Å². The van der Waals surface area contributed by atoms with Gasteiger partial charge in [-0.15, -0.1) is 0 Å². The van der Waals surface area contributed by atoms with E-state index in [1.54, 1.807) is 5.01 Å². The largest absolute Gasteiger partial charge is 0.481 e. The minimum absolute atomic E-state index is 0.142. The zero-order chi connectivity index (χ0) is 17.4. The topological polar surface area (TPSA) is 103 Å². The van der Waals surface area contributed by atoms with Crippen molar-refractivity contribution in [3.63, 3.8) is 0 Å². The molecule has 0 bridgehead atoms. The Kier molecular flexibility index (Phi) is 7.07. The molecule has 0 spiro atoms.